The number of hydrogen-bond acceptors (Lipinski definition) is 3. The van der Waals surface area contributed by atoms with E-state index < -0.39 is 10.0 Å². The summed E-state index contributed by atoms with van der Waals surface area (Å²) in [5.74, 6) is 0.439. The minimum atomic E-state index is -3.38. The van der Waals surface area contributed by atoms with Crippen molar-refractivity contribution in [3.05, 3.63) is 29.8 Å². The smallest absolute Gasteiger partial charge is 0.243 e. The number of hydrogen-bond donors (Lipinski definition) is 1. The third-order valence-corrected chi connectivity index (χ3v) is 6.82. The van der Waals surface area contributed by atoms with Gasteiger partial charge in [-0.1, -0.05) is 32.4 Å². The molecule has 1 N–H and O–H groups in total. The van der Waals surface area contributed by atoms with Gasteiger partial charge in [0.1, 0.15) is 0 Å². The number of nitrogens with zero attached hydrogens (tertiary/aromatic N) is 1. The molecule has 0 aliphatic carbocycles. The molecular formula is C19H30N2O3S. The Morgan fingerprint density at radius 1 is 1.08 bits per heavy atom. The summed E-state index contributed by atoms with van der Waals surface area (Å²) in [4.78, 5) is 12.3. The Hall–Kier alpha value is -1.40. The maximum Gasteiger partial charge on any atom is 0.243 e. The van der Waals surface area contributed by atoms with Gasteiger partial charge < -0.3 is 5.32 Å². The monoisotopic (exact) mass is 366 g/mol. The van der Waals surface area contributed by atoms with Crippen LogP contribution in [0.5, 0.6) is 0 Å². The maximum atomic E-state index is 12.6. The van der Waals surface area contributed by atoms with E-state index in [1.54, 1.807) is 16.4 Å². The zero-order valence-corrected chi connectivity index (χ0v) is 16.3. The number of benzene rings is 1. The Morgan fingerprint density at radius 3 is 2.24 bits per heavy atom. The predicted molar refractivity (Wildman–Crippen MR) is 99.8 cm³/mol. The van der Waals surface area contributed by atoms with Gasteiger partial charge in [-0.3, -0.25) is 4.79 Å². The topological polar surface area (TPSA) is 66.5 Å². The summed E-state index contributed by atoms with van der Waals surface area (Å²) in [6, 6.07) is 7.11. The second kappa shape index (κ2) is 8.81. The number of carbonyl (C=O) groups is 1. The first-order chi connectivity index (χ1) is 11.8. The maximum absolute atomic E-state index is 12.6. The molecule has 1 saturated heterocycles. The number of piperidine rings is 1. The minimum absolute atomic E-state index is 0.0335. The van der Waals surface area contributed by atoms with E-state index in [0.717, 1.165) is 24.8 Å². The van der Waals surface area contributed by atoms with E-state index in [-0.39, 0.29) is 11.9 Å². The van der Waals surface area contributed by atoms with Gasteiger partial charge in [-0.15, -0.1) is 0 Å². The van der Waals surface area contributed by atoms with Crippen LogP contribution in [-0.2, 0) is 21.2 Å². The van der Waals surface area contributed by atoms with E-state index in [4.69, 9.17) is 0 Å². The van der Waals surface area contributed by atoms with Crippen molar-refractivity contribution in [2.45, 2.75) is 63.8 Å². The fraction of sp³-hybridized carbons (Fsp3) is 0.632. The molecule has 1 fully saturated rings. The van der Waals surface area contributed by atoms with Crippen molar-refractivity contribution in [1.29, 1.82) is 0 Å². The second-order valence-electron chi connectivity index (χ2n) is 7.21. The molecule has 0 saturated carbocycles. The van der Waals surface area contributed by atoms with E-state index in [1.165, 1.54) is 0 Å². The summed E-state index contributed by atoms with van der Waals surface area (Å²) < 4.78 is 26.8. The Morgan fingerprint density at radius 2 is 1.68 bits per heavy atom. The number of carbonyl (C=O) groups excluding carboxylic acids is 1. The normalized spacial score (nSPS) is 17.4. The number of rotatable bonds is 7. The van der Waals surface area contributed by atoms with Crippen LogP contribution in [0, 0.1) is 5.92 Å². The van der Waals surface area contributed by atoms with E-state index >= 15 is 0 Å². The van der Waals surface area contributed by atoms with Crippen LogP contribution in [0.2, 0.25) is 0 Å². The Bertz CT molecular complexity index is 662. The van der Waals surface area contributed by atoms with Crippen LogP contribution in [-0.4, -0.2) is 37.8 Å². The first-order valence-corrected chi connectivity index (χ1v) is 10.6. The van der Waals surface area contributed by atoms with Gasteiger partial charge in [0, 0.05) is 25.6 Å². The number of nitrogens with one attached hydrogen (secondary N) is 1. The molecule has 25 heavy (non-hydrogen) atoms. The van der Waals surface area contributed by atoms with E-state index in [1.807, 2.05) is 19.1 Å². The van der Waals surface area contributed by atoms with Crippen LogP contribution in [0.15, 0.2) is 29.2 Å². The lowest BCUT2D eigenvalue weighted by atomic mass is 10.1. The van der Waals surface area contributed by atoms with Gasteiger partial charge in [0.25, 0.3) is 0 Å². The van der Waals surface area contributed by atoms with Gasteiger partial charge in [0.15, 0.2) is 0 Å². The van der Waals surface area contributed by atoms with Crippen molar-refractivity contribution >= 4 is 15.9 Å². The molecule has 1 amide bonds. The molecule has 0 aromatic heterocycles. The molecule has 1 aliphatic heterocycles. The fourth-order valence-electron chi connectivity index (χ4n) is 2.83. The fourth-order valence-corrected chi connectivity index (χ4v) is 4.35. The summed E-state index contributed by atoms with van der Waals surface area (Å²) in [6.07, 6.45) is 3.99. The third-order valence-electron chi connectivity index (χ3n) is 4.91. The highest BCUT2D eigenvalue weighted by Crippen LogP contribution is 2.21. The lowest BCUT2D eigenvalue weighted by molar-refractivity contribution is -0.121. The summed E-state index contributed by atoms with van der Waals surface area (Å²) in [5.41, 5.74) is 0.977. The number of amides is 1. The summed E-state index contributed by atoms with van der Waals surface area (Å²) in [6.45, 7) is 7.37. The Labute approximate surface area is 151 Å². The van der Waals surface area contributed by atoms with Crippen LogP contribution >= 0.6 is 0 Å². The van der Waals surface area contributed by atoms with Crippen molar-refractivity contribution in [3.8, 4) is 0 Å². The highest BCUT2D eigenvalue weighted by molar-refractivity contribution is 7.89. The molecule has 6 heteroatoms. The Balaban J connectivity index is 1.92. The van der Waals surface area contributed by atoms with Crippen LogP contribution < -0.4 is 5.32 Å². The highest BCUT2D eigenvalue weighted by atomic mass is 32.2. The zero-order valence-electron chi connectivity index (χ0n) is 15.5. The summed E-state index contributed by atoms with van der Waals surface area (Å²) >= 11 is 0. The van der Waals surface area contributed by atoms with Crippen molar-refractivity contribution in [2.75, 3.05) is 13.1 Å². The van der Waals surface area contributed by atoms with Gasteiger partial charge >= 0.3 is 0 Å². The molecule has 1 atom stereocenters. The molecule has 1 unspecified atom stereocenters. The van der Waals surface area contributed by atoms with Gasteiger partial charge in [0.2, 0.25) is 15.9 Å². The predicted octanol–water partition coefficient (Wildman–Crippen LogP) is 2.95. The van der Waals surface area contributed by atoms with Crippen molar-refractivity contribution < 1.29 is 13.2 Å². The Kier molecular flexibility index (Phi) is 7.02. The molecule has 140 valence electrons. The summed E-state index contributed by atoms with van der Waals surface area (Å²) in [5, 5.41) is 2.99. The summed E-state index contributed by atoms with van der Waals surface area (Å²) in [7, 11) is -3.38. The lowest BCUT2D eigenvalue weighted by Crippen LogP contribution is -2.36. The zero-order chi connectivity index (χ0) is 18.4. The van der Waals surface area contributed by atoms with Gasteiger partial charge in [-0.05, 0) is 49.8 Å². The second-order valence-corrected chi connectivity index (χ2v) is 9.15. The SMILES string of the molecule is CC(C)C(C)NC(=O)CCc1ccc(S(=O)(=O)N2CCCCC2)cc1. The average molecular weight is 367 g/mol. The van der Waals surface area contributed by atoms with Crippen LogP contribution in [0.3, 0.4) is 0 Å². The van der Waals surface area contributed by atoms with E-state index in [2.05, 4.69) is 19.2 Å². The number of sulfonamides is 1. The molecule has 2 rings (SSSR count). The molecular weight excluding hydrogens is 336 g/mol. The molecule has 1 aromatic rings. The third kappa shape index (κ3) is 5.54. The highest BCUT2D eigenvalue weighted by Gasteiger charge is 2.25. The van der Waals surface area contributed by atoms with Crippen LogP contribution in [0.25, 0.3) is 0 Å². The number of aryl methyl sites for hydroxylation is 1. The molecule has 0 radical (unpaired) electrons. The molecule has 1 aliphatic rings. The average Bonchev–Trinajstić information content (AvgIpc) is 2.61. The quantitative estimate of drug-likeness (QED) is 0.807. The molecule has 0 bridgehead atoms. The first-order valence-electron chi connectivity index (χ1n) is 9.19. The standard InChI is InChI=1S/C19H30N2O3S/c1-15(2)16(3)20-19(22)12-9-17-7-10-18(11-8-17)25(23,24)21-13-5-4-6-14-21/h7-8,10-11,15-16H,4-6,9,12-14H2,1-3H3,(H,20,22). The molecule has 5 nitrogen and oxygen atoms in total. The van der Waals surface area contributed by atoms with Crippen molar-refractivity contribution in [1.82, 2.24) is 9.62 Å². The largest absolute Gasteiger partial charge is 0.353 e. The van der Waals surface area contributed by atoms with E-state index in [9.17, 15) is 13.2 Å². The van der Waals surface area contributed by atoms with Crippen molar-refractivity contribution in [2.24, 2.45) is 5.92 Å². The molecule has 1 heterocycles. The van der Waals surface area contributed by atoms with Gasteiger partial charge in [-0.25, -0.2) is 8.42 Å². The van der Waals surface area contributed by atoms with E-state index in [0.29, 0.717) is 36.7 Å². The lowest BCUT2D eigenvalue weighted by Gasteiger charge is -2.25. The minimum Gasteiger partial charge on any atom is -0.353 e. The van der Waals surface area contributed by atoms with Crippen LogP contribution in [0.4, 0.5) is 0 Å². The first kappa shape index (κ1) is 19.9. The molecule has 0 spiro atoms. The van der Waals surface area contributed by atoms with Crippen molar-refractivity contribution in [3.63, 3.8) is 0 Å². The van der Waals surface area contributed by atoms with Crippen LogP contribution in [0.1, 0.15) is 52.0 Å². The van der Waals surface area contributed by atoms with Gasteiger partial charge in [-0.2, -0.15) is 4.31 Å². The molecule has 1 aromatic carbocycles. The van der Waals surface area contributed by atoms with Gasteiger partial charge in [0.05, 0.1) is 4.90 Å².